The standard InChI is InChI=1S/C17H19I3N2O8S/c1-2-3-8(23)21-15-12(18)11(17(27)28)13(19)16(14(15)20)22-9(24)4-6-31(29,30)7-5-10(25)26/h2-7H2,1H3,(H,21,23)(H,22,24)(H,25,26)(H,27,28). The molecule has 0 aliphatic heterocycles. The minimum Gasteiger partial charge on any atom is -0.481 e. The van der Waals surface area contributed by atoms with Gasteiger partial charge in [-0.05, 0) is 74.2 Å². The van der Waals surface area contributed by atoms with Crippen LogP contribution < -0.4 is 10.6 Å². The fourth-order valence-corrected chi connectivity index (χ4v) is 7.65. The summed E-state index contributed by atoms with van der Waals surface area (Å²) in [6, 6.07) is 0. The second-order valence-electron chi connectivity index (χ2n) is 6.26. The first-order valence-electron chi connectivity index (χ1n) is 8.76. The summed E-state index contributed by atoms with van der Waals surface area (Å²) in [5, 5.41) is 23.4. The van der Waals surface area contributed by atoms with Crippen molar-refractivity contribution in [2.75, 3.05) is 22.1 Å². The lowest BCUT2D eigenvalue weighted by Gasteiger charge is -2.19. The number of halogens is 3. The molecule has 0 aromatic heterocycles. The van der Waals surface area contributed by atoms with Gasteiger partial charge < -0.3 is 20.8 Å². The third-order valence-electron chi connectivity index (χ3n) is 3.80. The number of carboxylic acids is 2. The van der Waals surface area contributed by atoms with Crippen molar-refractivity contribution in [2.45, 2.75) is 32.6 Å². The predicted octanol–water partition coefficient (Wildman–Crippen LogP) is 3.16. The van der Waals surface area contributed by atoms with E-state index in [0.717, 1.165) is 0 Å². The molecule has 0 saturated carbocycles. The first-order chi connectivity index (χ1) is 14.3. The normalized spacial score (nSPS) is 11.1. The summed E-state index contributed by atoms with van der Waals surface area (Å²) in [6.45, 7) is 1.82. The van der Waals surface area contributed by atoms with E-state index in [0.29, 0.717) is 13.6 Å². The Kier molecular flexibility index (Phi) is 11.4. The Balaban J connectivity index is 3.19. The van der Waals surface area contributed by atoms with Crippen LogP contribution in [0.5, 0.6) is 0 Å². The van der Waals surface area contributed by atoms with Gasteiger partial charge >= 0.3 is 11.9 Å². The number of amides is 2. The lowest BCUT2D eigenvalue weighted by atomic mass is 10.1. The lowest BCUT2D eigenvalue weighted by molar-refractivity contribution is -0.136. The van der Waals surface area contributed by atoms with Gasteiger partial charge in [-0.3, -0.25) is 14.4 Å². The highest BCUT2D eigenvalue weighted by Crippen LogP contribution is 2.39. The number of hydrogen-bond acceptors (Lipinski definition) is 6. The van der Waals surface area contributed by atoms with E-state index in [1.807, 2.05) is 52.1 Å². The van der Waals surface area contributed by atoms with Gasteiger partial charge in [-0.2, -0.15) is 0 Å². The van der Waals surface area contributed by atoms with E-state index < -0.39 is 52.0 Å². The number of carbonyl (C=O) groups excluding carboxylic acids is 2. The van der Waals surface area contributed by atoms with Gasteiger partial charge in [0.25, 0.3) is 0 Å². The number of aliphatic carboxylic acids is 1. The van der Waals surface area contributed by atoms with Crippen molar-refractivity contribution in [3.05, 3.63) is 16.3 Å². The summed E-state index contributed by atoms with van der Waals surface area (Å²) in [4.78, 5) is 46.8. The van der Waals surface area contributed by atoms with Crippen molar-refractivity contribution in [3.8, 4) is 0 Å². The zero-order valence-electron chi connectivity index (χ0n) is 16.1. The number of rotatable bonds is 11. The summed E-state index contributed by atoms with van der Waals surface area (Å²) in [5.41, 5.74) is 0.304. The largest absolute Gasteiger partial charge is 0.481 e. The molecule has 0 spiro atoms. The molecule has 1 rings (SSSR count). The highest BCUT2D eigenvalue weighted by atomic mass is 127. The van der Waals surface area contributed by atoms with E-state index in [4.69, 9.17) is 5.11 Å². The molecule has 0 bridgehead atoms. The van der Waals surface area contributed by atoms with Gasteiger partial charge in [-0.1, -0.05) is 6.92 Å². The fraction of sp³-hybridized carbons (Fsp3) is 0.412. The van der Waals surface area contributed by atoms with E-state index in [2.05, 4.69) is 10.6 Å². The Labute approximate surface area is 219 Å². The highest BCUT2D eigenvalue weighted by Gasteiger charge is 2.26. The Hall–Kier alpha value is -0.760. The quantitative estimate of drug-likeness (QED) is 0.248. The Morgan fingerprint density at radius 3 is 1.68 bits per heavy atom. The van der Waals surface area contributed by atoms with Crippen molar-refractivity contribution in [1.82, 2.24) is 0 Å². The number of carboxylic acid groups (broad SMARTS) is 2. The molecule has 2 amide bonds. The molecule has 0 atom stereocenters. The van der Waals surface area contributed by atoms with Gasteiger partial charge in [-0.15, -0.1) is 0 Å². The van der Waals surface area contributed by atoms with Crippen LogP contribution in [-0.4, -0.2) is 53.9 Å². The number of carbonyl (C=O) groups is 4. The van der Waals surface area contributed by atoms with Gasteiger partial charge in [0.15, 0.2) is 9.84 Å². The van der Waals surface area contributed by atoms with Crippen LogP contribution in [0.2, 0.25) is 0 Å². The zero-order valence-corrected chi connectivity index (χ0v) is 23.4. The molecule has 0 fully saturated rings. The summed E-state index contributed by atoms with van der Waals surface area (Å²) >= 11 is 5.46. The molecule has 172 valence electrons. The van der Waals surface area contributed by atoms with Crippen LogP contribution in [0.15, 0.2) is 0 Å². The molecular weight excluding hydrogens is 773 g/mol. The smallest absolute Gasteiger partial charge is 0.338 e. The van der Waals surface area contributed by atoms with Gasteiger partial charge in [-0.25, -0.2) is 13.2 Å². The minimum absolute atomic E-state index is 0.0993. The molecular formula is C17H19I3N2O8S. The SMILES string of the molecule is CCCC(=O)Nc1c(I)c(NC(=O)CCS(=O)(=O)CCC(=O)O)c(I)c(C(=O)O)c1I. The van der Waals surface area contributed by atoms with Crippen molar-refractivity contribution >= 4 is 113 Å². The maximum Gasteiger partial charge on any atom is 0.338 e. The van der Waals surface area contributed by atoms with Gasteiger partial charge in [0.1, 0.15) is 0 Å². The number of sulfone groups is 1. The number of anilines is 2. The van der Waals surface area contributed by atoms with Crippen LogP contribution in [0.3, 0.4) is 0 Å². The molecule has 1 aromatic rings. The number of nitrogens with one attached hydrogen (secondary N) is 2. The fourth-order valence-electron chi connectivity index (χ4n) is 2.30. The second-order valence-corrected chi connectivity index (χ2v) is 11.8. The summed E-state index contributed by atoms with van der Waals surface area (Å²) in [7, 11) is -3.74. The Morgan fingerprint density at radius 2 is 1.26 bits per heavy atom. The summed E-state index contributed by atoms with van der Waals surface area (Å²) < 4.78 is 24.7. The number of benzene rings is 1. The van der Waals surface area contributed by atoms with Crippen LogP contribution in [-0.2, 0) is 24.2 Å². The van der Waals surface area contributed by atoms with Crippen LogP contribution in [0.1, 0.15) is 43.0 Å². The van der Waals surface area contributed by atoms with Crippen molar-refractivity contribution < 1.29 is 37.8 Å². The molecule has 0 aliphatic rings. The molecule has 1 aromatic carbocycles. The Morgan fingerprint density at radius 1 is 0.806 bits per heavy atom. The molecule has 0 heterocycles. The minimum atomic E-state index is -3.74. The second kappa shape index (κ2) is 12.5. The van der Waals surface area contributed by atoms with Crippen molar-refractivity contribution in [1.29, 1.82) is 0 Å². The average molecular weight is 792 g/mol. The Bertz CT molecular complexity index is 1010. The summed E-state index contributed by atoms with van der Waals surface area (Å²) in [5.74, 6) is -4.62. The maximum atomic E-state index is 12.4. The van der Waals surface area contributed by atoms with E-state index >= 15 is 0 Å². The molecule has 4 N–H and O–H groups in total. The van der Waals surface area contributed by atoms with E-state index in [9.17, 15) is 32.7 Å². The molecule has 10 nitrogen and oxygen atoms in total. The molecule has 0 aliphatic carbocycles. The molecule has 31 heavy (non-hydrogen) atoms. The van der Waals surface area contributed by atoms with Gasteiger partial charge in [0.05, 0.1) is 45.6 Å². The number of aromatic carboxylic acids is 1. The highest BCUT2D eigenvalue weighted by molar-refractivity contribution is 14.1. The van der Waals surface area contributed by atoms with E-state index in [1.165, 1.54) is 0 Å². The first-order valence-corrected chi connectivity index (χ1v) is 13.8. The van der Waals surface area contributed by atoms with Gasteiger partial charge in [0, 0.05) is 12.8 Å². The molecule has 14 heteroatoms. The first kappa shape index (κ1) is 28.3. The zero-order chi connectivity index (χ0) is 23.9. The van der Waals surface area contributed by atoms with E-state index in [1.54, 1.807) is 22.6 Å². The van der Waals surface area contributed by atoms with Crippen LogP contribution in [0.4, 0.5) is 11.4 Å². The van der Waals surface area contributed by atoms with Crippen LogP contribution in [0, 0.1) is 10.7 Å². The third kappa shape index (κ3) is 8.60. The third-order valence-corrected chi connectivity index (χ3v) is 8.69. The number of hydrogen-bond donors (Lipinski definition) is 4. The molecule has 0 radical (unpaired) electrons. The van der Waals surface area contributed by atoms with Crippen molar-refractivity contribution in [3.63, 3.8) is 0 Å². The van der Waals surface area contributed by atoms with Crippen LogP contribution in [0.25, 0.3) is 0 Å². The maximum absolute atomic E-state index is 12.4. The van der Waals surface area contributed by atoms with Crippen molar-refractivity contribution in [2.24, 2.45) is 0 Å². The topological polar surface area (TPSA) is 167 Å². The van der Waals surface area contributed by atoms with Crippen LogP contribution >= 0.6 is 67.8 Å². The summed E-state index contributed by atoms with van der Waals surface area (Å²) in [6.07, 6.45) is -0.161. The molecule has 0 unspecified atom stereocenters. The average Bonchev–Trinajstić information content (AvgIpc) is 2.65. The molecule has 0 saturated heterocycles. The van der Waals surface area contributed by atoms with E-state index in [-0.39, 0.29) is 32.8 Å². The van der Waals surface area contributed by atoms with Gasteiger partial charge in [0.2, 0.25) is 11.8 Å². The monoisotopic (exact) mass is 792 g/mol. The lowest BCUT2D eigenvalue weighted by Crippen LogP contribution is -2.23. The predicted molar refractivity (Wildman–Crippen MR) is 139 cm³/mol.